The Bertz CT molecular complexity index is 414. The SMILES string of the molecule is Nc1ccc(OCC(=O)NCCN2CCCCC2)cc1. The van der Waals surface area contributed by atoms with Gasteiger partial charge in [0.2, 0.25) is 0 Å². The normalized spacial score (nSPS) is 15.8. The lowest BCUT2D eigenvalue weighted by molar-refractivity contribution is -0.123. The van der Waals surface area contributed by atoms with Crippen molar-refractivity contribution in [3.63, 3.8) is 0 Å². The summed E-state index contributed by atoms with van der Waals surface area (Å²) in [6.07, 6.45) is 3.88. The minimum absolute atomic E-state index is 0.0456. The van der Waals surface area contributed by atoms with Crippen LogP contribution in [-0.4, -0.2) is 43.6 Å². The summed E-state index contributed by atoms with van der Waals surface area (Å²) in [7, 11) is 0. The molecule has 1 aliphatic heterocycles. The lowest BCUT2D eigenvalue weighted by atomic mass is 10.1. The lowest BCUT2D eigenvalue weighted by Gasteiger charge is -2.26. The Kier molecular flexibility index (Phi) is 5.68. The second kappa shape index (κ2) is 7.75. The number of rotatable bonds is 6. The standard InChI is InChI=1S/C15H23N3O2/c16-13-4-6-14(7-5-13)20-12-15(19)17-8-11-18-9-2-1-3-10-18/h4-7H,1-3,8-12,16H2,(H,17,19). The molecule has 20 heavy (non-hydrogen) atoms. The molecule has 1 aromatic rings. The number of likely N-dealkylation sites (tertiary alicyclic amines) is 1. The van der Waals surface area contributed by atoms with Crippen LogP contribution in [0.1, 0.15) is 19.3 Å². The molecule has 1 heterocycles. The number of nitrogens with two attached hydrogens (primary N) is 1. The number of carbonyl (C=O) groups excluding carboxylic acids is 1. The molecule has 5 heteroatoms. The fourth-order valence-electron chi connectivity index (χ4n) is 2.30. The number of hydrogen-bond donors (Lipinski definition) is 2. The van der Waals surface area contributed by atoms with E-state index < -0.39 is 0 Å². The van der Waals surface area contributed by atoms with E-state index in [1.807, 2.05) is 0 Å². The van der Waals surface area contributed by atoms with Crippen LogP contribution < -0.4 is 15.8 Å². The van der Waals surface area contributed by atoms with Gasteiger partial charge < -0.3 is 20.7 Å². The number of benzene rings is 1. The van der Waals surface area contributed by atoms with Gasteiger partial charge in [-0.2, -0.15) is 0 Å². The van der Waals surface area contributed by atoms with Crippen LogP contribution in [0.3, 0.4) is 0 Å². The smallest absolute Gasteiger partial charge is 0.257 e. The first-order chi connectivity index (χ1) is 9.74. The Hall–Kier alpha value is -1.75. The van der Waals surface area contributed by atoms with E-state index in [0.717, 1.165) is 19.6 Å². The highest BCUT2D eigenvalue weighted by Crippen LogP contribution is 2.12. The molecule has 0 unspecified atom stereocenters. The number of carbonyl (C=O) groups is 1. The van der Waals surface area contributed by atoms with Crippen molar-refractivity contribution < 1.29 is 9.53 Å². The van der Waals surface area contributed by atoms with Crippen molar-refractivity contribution in [2.45, 2.75) is 19.3 Å². The molecule has 1 fully saturated rings. The van der Waals surface area contributed by atoms with E-state index >= 15 is 0 Å². The average molecular weight is 277 g/mol. The fourth-order valence-corrected chi connectivity index (χ4v) is 2.30. The summed E-state index contributed by atoms with van der Waals surface area (Å²) >= 11 is 0. The third-order valence-electron chi connectivity index (χ3n) is 3.45. The first-order valence-corrected chi connectivity index (χ1v) is 7.21. The van der Waals surface area contributed by atoms with Gasteiger partial charge in [-0.05, 0) is 50.2 Å². The number of nitrogens with zero attached hydrogens (tertiary/aromatic N) is 1. The van der Waals surface area contributed by atoms with Gasteiger partial charge >= 0.3 is 0 Å². The summed E-state index contributed by atoms with van der Waals surface area (Å²) in [6, 6.07) is 7.03. The second-order valence-corrected chi connectivity index (χ2v) is 5.11. The molecule has 2 rings (SSSR count). The van der Waals surface area contributed by atoms with Gasteiger partial charge in [0.1, 0.15) is 5.75 Å². The molecular weight excluding hydrogens is 254 g/mol. The van der Waals surface area contributed by atoms with Gasteiger partial charge in [0, 0.05) is 18.8 Å². The Balaban J connectivity index is 1.59. The molecule has 0 aliphatic carbocycles. The number of nitrogen functional groups attached to an aromatic ring is 1. The molecule has 3 N–H and O–H groups in total. The van der Waals surface area contributed by atoms with Crippen LogP contribution in [-0.2, 0) is 4.79 Å². The fraction of sp³-hybridized carbons (Fsp3) is 0.533. The van der Waals surface area contributed by atoms with Gasteiger partial charge in [0.25, 0.3) is 5.91 Å². The van der Waals surface area contributed by atoms with Gasteiger partial charge in [-0.25, -0.2) is 0 Å². The quantitative estimate of drug-likeness (QED) is 0.768. The van der Waals surface area contributed by atoms with E-state index in [1.165, 1.54) is 19.3 Å². The van der Waals surface area contributed by atoms with Crippen LogP contribution in [0.15, 0.2) is 24.3 Å². The van der Waals surface area contributed by atoms with Crippen LogP contribution in [0.25, 0.3) is 0 Å². The molecule has 1 aromatic carbocycles. The Labute approximate surface area is 120 Å². The summed E-state index contributed by atoms with van der Waals surface area (Å²) in [5.41, 5.74) is 6.26. The highest BCUT2D eigenvalue weighted by Gasteiger charge is 2.10. The molecule has 110 valence electrons. The molecule has 1 aliphatic rings. The van der Waals surface area contributed by atoms with Crippen LogP contribution >= 0.6 is 0 Å². The van der Waals surface area contributed by atoms with Gasteiger partial charge in [0.15, 0.2) is 6.61 Å². The van der Waals surface area contributed by atoms with Gasteiger partial charge in [-0.15, -0.1) is 0 Å². The second-order valence-electron chi connectivity index (χ2n) is 5.11. The van der Waals surface area contributed by atoms with Crippen LogP contribution in [0.5, 0.6) is 5.75 Å². The van der Waals surface area contributed by atoms with E-state index in [0.29, 0.717) is 18.0 Å². The van der Waals surface area contributed by atoms with Crippen LogP contribution in [0.2, 0.25) is 0 Å². The van der Waals surface area contributed by atoms with Gasteiger partial charge in [0.05, 0.1) is 0 Å². The molecule has 0 saturated carbocycles. The molecule has 0 bridgehead atoms. The van der Waals surface area contributed by atoms with E-state index in [1.54, 1.807) is 24.3 Å². The first kappa shape index (κ1) is 14.7. The van der Waals surface area contributed by atoms with Crippen molar-refractivity contribution in [2.75, 3.05) is 38.5 Å². The number of nitrogens with one attached hydrogen (secondary N) is 1. The monoisotopic (exact) mass is 277 g/mol. The highest BCUT2D eigenvalue weighted by atomic mass is 16.5. The van der Waals surface area contributed by atoms with Crippen molar-refractivity contribution in [1.82, 2.24) is 10.2 Å². The van der Waals surface area contributed by atoms with Crippen molar-refractivity contribution in [3.8, 4) is 5.75 Å². The predicted octanol–water partition coefficient (Wildman–Crippen LogP) is 1.25. The summed E-state index contributed by atoms with van der Waals surface area (Å²) in [6.45, 7) is 3.96. The van der Waals surface area contributed by atoms with E-state index in [4.69, 9.17) is 10.5 Å². The third-order valence-corrected chi connectivity index (χ3v) is 3.45. The molecule has 0 radical (unpaired) electrons. The number of amides is 1. The van der Waals surface area contributed by atoms with Gasteiger partial charge in [-0.3, -0.25) is 4.79 Å². The summed E-state index contributed by atoms with van der Waals surface area (Å²) < 4.78 is 5.38. The largest absolute Gasteiger partial charge is 0.484 e. The lowest BCUT2D eigenvalue weighted by Crippen LogP contribution is -2.39. The zero-order chi connectivity index (χ0) is 14.2. The van der Waals surface area contributed by atoms with Crippen molar-refractivity contribution in [2.24, 2.45) is 0 Å². The highest BCUT2D eigenvalue weighted by molar-refractivity contribution is 5.77. The average Bonchev–Trinajstić information content (AvgIpc) is 2.48. The number of ether oxygens (including phenoxy) is 1. The predicted molar refractivity (Wildman–Crippen MR) is 79.7 cm³/mol. The Morgan fingerprint density at radius 3 is 2.60 bits per heavy atom. The minimum Gasteiger partial charge on any atom is -0.484 e. The minimum atomic E-state index is -0.0844. The van der Waals surface area contributed by atoms with E-state index in [2.05, 4.69) is 10.2 Å². The van der Waals surface area contributed by atoms with Crippen molar-refractivity contribution in [1.29, 1.82) is 0 Å². The zero-order valence-electron chi connectivity index (χ0n) is 11.8. The van der Waals surface area contributed by atoms with E-state index in [-0.39, 0.29) is 12.5 Å². The molecule has 1 amide bonds. The van der Waals surface area contributed by atoms with E-state index in [9.17, 15) is 4.79 Å². The Morgan fingerprint density at radius 1 is 1.20 bits per heavy atom. The molecule has 0 aromatic heterocycles. The van der Waals surface area contributed by atoms with Crippen LogP contribution in [0, 0.1) is 0 Å². The summed E-state index contributed by atoms with van der Waals surface area (Å²) in [5, 5.41) is 2.88. The van der Waals surface area contributed by atoms with Crippen molar-refractivity contribution in [3.05, 3.63) is 24.3 Å². The maximum atomic E-state index is 11.6. The molecule has 1 saturated heterocycles. The van der Waals surface area contributed by atoms with Crippen LogP contribution in [0.4, 0.5) is 5.69 Å². The molecule has 5 nitrogen and oxygen atoms in total. The maximum absolute atomic E-state index is 11.6. The zero-order valence-corrected chi connectivity index (χ0v) is 11.8. The summed E-state index contributed by atoms with van der Waals surface area (Å²) in [5.74, 6) is 0.573. The molecular formula is C15H23N3O2. The topological polar surface area (TPSA) is 67.6 Å². The maximum Gasteiger partial charge on any atom is 0.257 e. The third kappa shape index (κ3) is 5.09. The molecule has 0 atom stereocenters. The number of piperidine rings is 1. The number of anilines is 1. The van der Waals surface area contributed by atoms with Crippen molar-refractivity contribution >= 4 is 11.6 Å². The first-order valence-electron chi connectivity index (χ1n) is 7.21. The Morgan fingerprint density at radius 2 is 1.90 bits per heavy atom. The van der Waals surface area contributed by atoms with Gasteiger partial charge in [-0.1, -0.05) is 6.42 Å². The summed E-state index contributed by atoms with van der Waals surface area (Å²) in [4.78, 5) is 14.0. The molecule has 0 spiro atoms. The number of hydrogen-bond acceptors (Lipinski definition) is 4.